The Kier molecular flexibility index (Phi) is 4.80. The molecule has 1 amide bonds. The molecule has 1 aliphatic rings. The number of hydrogen-bond acceptors (Lipinski definition) is 6. The third-order valence-corrected chi connectivity index (χ3v) is 5.99. The van der Waals surface area contributed by atoms with Crippen LogP contribution in [0.25, 0.3) is 27.9 Å². The van der Waals surface area contributed by atoms with E-state index in [4.69, 9.17) is 4.98 Å². The minimum absolute atomic E-state index is 0.0663. The Labute approximate surface area is 188 Å². The van der Waals surface area contributed by atoms with Crippen molar-refractivity contribution in [3.63, 3.8) is 0 Å². The Morgan fingerprint density at radius 2 is 2.03 bits per heavy atom. The highest BCUT2D eigenvalue weighted by Gasteiger charge is 2.49. The number of aryl methyl sites for hydroxylation is 1. The van der Waals surface area contributed by atoms with Crippen molar-refractivity contribution >= 4 is 28.5 Å². The summed E-state index contributed by atoms with van der Waals surface area (Å²) in [6.45, 7) is 6.69. The highest BCUT2D eigenvalue weighted by molar-refractivity contribution is 5.82. The van der Waals surface area contributed by atoms with Crippen LogP contribution >= 0.6 is 0 Å². The molecule has 1 saturated heterocycles. The summed E-state index contributed by atoms with van der Waals surface area (Å²) >= 11 is 0. The molecule has 1 N–H and O–H groups in total. The fraction of sp³-hybridized carbons (Fsp3) is 0.409. The molecule has 4 aromatic rings. The molecular formula is C22H24F2N8O. The molecule has 9 nitrogen and oxygen atoms in total. The first-order chi connectivity index (χ1) is 15.6. The second-order valence-electron chi connectivity index (χ2n) is 8.66. The highest BCUT2D eigenvalue weighted by atomic mass is 19.3. The number of aromatic nitrogens is 6. The molecule has 11 heteroatoms. The molecule has 0 unspecified atom stereocenters. The zero-order chi connectivity index (χ0) is 23.5. The summed E-state index contributed by atoms with van der Waals surface area (Å²) in [6, 6.07) is 4.67. The lowest BCUT2D eigenvalue weighted by molar-refractivity contribution is -0.129. The standard InChI is InChI=1S/C22H24F2N8O/c1-12(2)32-13(3)26-17-6-5-16(27-20(17)32)15-7-8-31-18(15)9-25-21(29-31)28-19-10-30(14(4)33)11-22(19,23)24/h5-9,12,19H,10-11H2,1-4H3,(H,28,29)/t19-/m1/s1. The monoisotopic (exact) mass is 454 g/mol. The second-order valence-corrected chi connectivity index (χ2v) is 8.66. The number of amides is 1. The second kappa shape index (κ2) is 7.46. The molecule has 0 bridgehead atoms. The minimum atomic E-state index is -3.07. The fourth-order valence-electron chi connectivity index (χ4n) is 4.37. The topological polar surface area (TPSA) is 93.2 Å². The minimum Gasteiger partial charge on any atom is -0.342 e. The molecule has 1 atom stereocenters. The van der Waals surface area contributed by atoms with Gasteiger partial charge in [-0.25, -0.2) is 28.2 Å². The van der Waals surface area contributed by atoms with Crippen molar-refractivity contribution in [3.8, 4) is 11.3 Å². The van der Waals surface area contributed by atoms with Crippen LogP contribution in [-0.4, -0.2) is 65.0 Å². The van der Waals surface area contributed by atoms with E-state index in [1.807, 2.05) is 25.1 Å². The zero-order valence-electron chi connectivity index (χ0n) is 18.8. The van der Waals surface area contributed by atoms with Crippen molar-refractivity contribution in [2.75, 3.05) is 18.4 Å². The van der Waals surface area contributed by atoms with Crippen LogP contribution in [0.15, 0.2) is 30.6 Å². The number of nitrogens with one attached hydrogen (secondary N) is 1. The van der Waals surface area contributed by atoms with Gasteiger partial charge in [-0.2, -0.15) is 0 Å². The number of likely N-dealkylation sites (tertiary alicyclic amines) is 1. The molecular weight excluding hydrogens is 430 g/mol. The van der Waals surface area contributed by atoms with E-state index in [2.05, 4.69) is 38.8 Å². The van der Waals surface area contributed by atoms with Crippen LogP contribution in [0.3, 0.4) is 0 Å². The number of carbonyl (C=O) groups is 1. The van der Waals surface area contributed by atoms with E-state index in [9.17, 15) is 13.6 Å². The molecule has 5 rings (SSSR count). The van der Waals surface area contributed by atoms with Gasteiger partial charge in [0.05, 0.1) is 24.0 Å². The third kappa shape index (κ3) is 3.57. The first-order valence-electron chi connectivity index (χ1n) is 10.7. The van der Waals surface area contributed by atoms with Crippen molar-refractivity contribution < 1.29 is 13.6 Å². The van der Waals surface area contributed by atoms with Gasteiger partial charge in [0.2, 0.25) is 11.9 Å². The van der Waals surface area contributed by atoms with Crippen LogP contribution in [-0.2, 0) is 4.79 Å². The van der Waals surface area contributed by atoms with Gasteiger partial charge < -0.3 is 14.8 Å². The van der Waals surface area contributed by atoms with Crippen molar-refractivity contribution in [2.24, 2.45) is 0 Å². The van der Waals surface area contributed by atoms with Crippen LogP contribution in [0, 0.1) is 6.92 Å². The summed E-state index contributed by atoms with van der Waals surface area (Å²) in [5.41, 5.74) is 3.90. The Bertz CT molecular complexity index is 1380. The summed E-state index contributed by atoms with van der Waals surface area (Å²) < 4.78 is 32.3. The Balaban J connectivity index is 1.47. The average molecular weight is 454 g/mol. The summed E-state index contributed by atoms with van der Waals surface area (Å²) in [4.78, 5) is 26.3. The molecule has 4 aromatic heterocycles. The lowest BCUT2D eigenvalue weighted by Crippen LogP contribution is -2.38. The molecule has 0 aliphatic carbocycles. The van der Waals surface area contributed by atoms with E-state index >= 15 is 0 Å². The van der Waals surface area contributed by atoms with Crippen LogP contribution in [0.5, 0.6) is 0 Å². The van der Waals surface area contributed by atoms with E-state index in [0.29, 0.717) is 5.52 Å². The number of alkyl halides is 2. The number of pyridine rings is 1. The summed E-state index contributed by atoms with van der Waals surface area (Å²) in [5.74, 6) is -2.49. The fourth-order valence-corrected chi connectivity index (χ4v) is 4.37. The third-order valence-electron chi connectivity index (χ3n) is 5.99. The van der Waals surface area contributed by atoms with Crippen molar-refractivity contribution in [1.82, 2.24) is 34.0 Å². The first kappa shape index (κ1) is 21.2. The van der Waals surface area contributed by atoms with E-state index in [1.54, 1.807) is 16.9 Å². The number of nitrogens with zero attached hydrogens (tertiary/aromatic N) is 7. The number of fused-ring (bicyclic) bond motifs is 2. The molecule has 5 heterocycles. The molecule has 172 valence electrons. The molecule has 0 aromatic carbocycles. The quantitative estimate of drug-likeness (QED) is 0.509. The normalized spacial score (nSPS) is 18.0. The van der Waals surface area contributed by atoms with E-state index in [0.717, 1.165) is 33.1 Å². The van der Waals surface area contributed by atoms with Gasteiger partial charge in [-0.3, -0.25) is 4.79 Å². The average Bonchev–Trinajstić information content (AvgIpc) is 3.39. The SMILES string of the molecule is CC(=O)N1C[C@@H](Nc2ncc3c(-c4ccc5nc(C)n(C(C)C)c5n4)ccn3n2)C(F)(F)C1. The number of hydrogen-bond donors (Lipinski definition) is 1. The maximum Gasteiger partial charge on any atom is 0.286 e. The first-order valence-corrected chi connectivity index (χ1v) is 10.7. The molecule has 1 aliphatic heterocycles. The summed E-state index contributed by atoms with van der Waals surface area (Å²) in [6.07, 6.45) is 3.32. The molecule has 0 saturated carbocycles. The van der Waals surface area contributed by atoms with Gasteiger partial charge in [0, 0.05) is 31.3 Å². The van der Waals surface area contributed by atoms with Crippen molar-refractivity contribution in [1.29, 1.82) is 0 Å². The Hall–Kier alpha value is -3.63. The van der Waals surface area contributed by atoms with Gasteiger partial charge in [-0.05, 0) is 39.0 Å². The maximum atomic E-state index is 14.3. The predicted molar refractivity (Wildman–Crippen MR) is 119 cm³/mol. The predicted octanol–water partition coefficient (Wildman–Crippen LogP) is 3.31. The van der Waals surface area contributed by atoms with Gasteiger partial charge in [-0.1, -0.05) is 0 Å². The Morgan fingerprint density at radius 3 is 2.73 bits per heavy atom. The lowest BCUT2D eigenvalue weighted by Gasteiger charge is -2.18. The maximum absolute atomic E-state index is 14.3. The van der Waals surface area contributed by atoms with Crippen LogP contribution in [0.1, 0.15) is 32.6 Å². The van der Waals surface area contributed by atoms with E-state index in [-0.39, 0.29) is 24.4 Å². The number of imidazole rings is 1. The Morgan fingerprint density at radius 1 is 1.24 bits per heavy atom. The van der Waals surface area contributed by atoms with Gasteiger partial charge in [0.1, 0.15) is 17.4 Å². The molecule has 33 heavy (non-hydrogen) atoms. The summed E-state index contributed by atoms with van der Waals surface area (Å²) in [7, 11) is 0. The van der Waals surface area contributed by atoms with Gasteiger partial charge in [0.25, 0.3) is 5.92 Å². The smallest absolute Gasteiger partial charge is 0.286 e. The largest absolute Gasteiger partial charge is 0.342 e. The van der Waals surface area contributed by atoms with Crippen molar-refractivity contribution in [3.05, 3.63) is 36.4 Å². The van der Waals surface area contributed by atoms with E-state index in [1.165, 1.54) is 6.92 Å². The van der Waals surface area contributed by atoms with E-state index < -0.39 is 18.5 Å². The zero-order valence-corrected chi connectivity index (χ0v) is 18.8. The van der Waals surface area contributed by atoms with Crippen LogP contribution in [0.2, 0.25) is 0 Å². The number of anilines is 1. The number of carbonyl (C=O) groups excluding carboxylic acids is 1. The lowest BCUT2D eigenvalue weighted by atomic mass is 10.2. The van der Waals surface area contributed by atoms with Crippen molar-refractivity contribution in [2.45, 2.75) is 45.7 Å². The molecule has 1 fully saturated rings. The van der Waals surface area contributed by atoms with Crippen LogP contribution < -0.4 is 5.32 Å². The molecule has 0 radical (unpaired) electrons. The number of halogens is 2. The number of rotatable bonds is 4. The van der Waals surface area contributed by atoms with Gasteiger partial charge in [0.15, 0.2) is 5.65 Å². The highest BCUT2D eigenvalue weighted by Crippen LogP contribution is 2.30. The molecule has 0 spiro atoms. The van der Waals surface area contributed by atoms with Gasteiger partial charge >= 0.3 is 0 Å². The van der Waals surface area contributed by atoms with Gasteiger partial charge in [-0.15, -0.1) is 5.10 Å². The summed E-state index contributed by atoms with van der Waals surface area (Å²) in [5, 5.41) is 7.03. The van der Waals surface area contributed by atoms with Crippen LogP contribution in [0.4, 0.5) is 14.7 Å².